The van der Waals surface area contributed by atoms with Gasteiger partial charge in [0.1, 0.15) is 5.82 Å². The number of nitrogens with one attached hydrogen (secondary N) is 1. The van der Waals surface area contributed by atoms with Crippen LogP contribution in [0.5, 0.6) is 0 Å². The molecule has 0 fully saturated rings. The molecule has 2 aromatic rings. The zero-order valence-electron chi connectivity index (χ0n) is 8.64. The fourth-order valence-electron chi connectivity index (χ4n) is 1.36. The van der Waals surface area contributed by atoms with Crippen LogP contribution < -0.4 is 5.32 Å². The molecule has 0 atom stereocenters. The number of hydrogen-bond donors (Lipinski definition) is 1. The van der Waals surface area contributed by atoms with Gasteiger partial charge in [-0.3, -0.25) is 0 Å². The third kappa shape index (κ3) is 2.77. The van der Waals surface area contributed by atoms with Crippen molar-refractivity contribution in [2.75, 3.05) is 5.32 Å². The van der Waals surface area contributed by atoms with Gasteiger partial charge in [0, 0.05) is 18.1 Å². The molecule has 0 aliphatic rings. The molecule has 3 nitrogen and oxygen atoms in total. The van der Waals surface area contributed by atoms with Gasteiger partial charge in [0.15, 0.2) is 0 Å². The predicted molar refractivity (Wildman–Crippen MR) is 60.5 cm³/mol. The van der Waals surface area contributed by atoms with Gasteiger partial charge in [0.05, 0.1) is 6.54 Å². The van der Waals surface area contributed by atoms with Crippen LogP contribution in [-0.4, -0.2) is 9.97 Å². The Labute approximate surface area is 89.2 Å². The van der Waals surface area contributed by atoms with E-state index in [0.717, 1.165) is 11.5 Å². The summed E-state index contributed by atoms with van der Waals surface area (Å²) in [6.07, 6.45) is 3.50. The normalized spacial score (nSPS) is 9.93. The Morgan fingerprint density at radius 1 is 1.13 bits per heavy atom. The van der Waals surface area contributed by atoms with Gasteiger partial charge in [-0.05, 0) is 30.7 Å². The number of rotatable bonds is 3. The van der Waals surface area contributed by atoms with Gasteiger partial charge in [-0.25, -0.2) is 9.97 Å². The van der Waals surface area contributed by atoms with Crippen LogP contribution in [0, 0.1) is 6.92 Å². The van der Waals surface area contributed by atoms with Gasteiger partial charge in [0.25, 0.3) is 0 Å². The predicted octanol–water partition coefficient (Wildman–Crippen LogP) is 2.40. The van der Waals surface area contributed by atoms with E-state index in [1.807, 2.05) is 18.2 Å². The number of aryl methyl sites for hydroxylation is 1. The van der Waals surface area contributed by atoms with E-state index in [9.17, 15) is 0 Å². The first-order chi connectivity index (χ1) is 7.34. The Morgan fingerprint density at radius 3 is 2.67 bits per heavy atom. The molecule has 3 heteroatoms. The molecule has 1 aromatic carbocycles. The third-order valence-corrected chi connectivity index (χ3v) is 2.09. The standard InChI is InChI=1S/C12H13N3/c1-10-4-2-5-11(8-10)15-9-12-13-6-3-7-14-12/h2-8,15H,9H2,1H3. The second-order valence-electron chi connectivity index (χ2n) is 3.39. The summed E-state index contributed by atoms with van der Waals surface area (Å²) in [7, 11) is 0. The van der Waals surface area contributed by atoms with Crippen LogP contribution in [0.1, 0.15) is 11.4 Å². The molecule has 0 aliphatic carbocycles. The first kappa shape index (κ1) is 9.65. The number of nitrogens with zero attached hydrogens (tertiary/aromatic N) is 2. The molecule has 15 heavy (non-hydrogen) atoms. The molecular formula is C12H13N3. The van der Waals surface area contributed by atoms with Crippen LogP contribution in [0.25, 0.3) is 0 Å². The largest absolute Gasteiger partial charge is 0.378 e. The Hall–Kier alpha value is -1.90. The minimum atomic E-state index is 0.657. The third-order valence-electron chi connectivity index (χ3n) is 2.09. The Kier molecular flexibility index (Phi) is 2.93. The van der Waals surface area contributed by atoms with Crippen molar-refractivity contribution in [2.24, 2.45) is 0 Å². The molecule has 0 radical (unpaired) electrons. The Bertz CT molecular complexity index is 426. The number of hydrogen-bond acceptors (Lipinski definition) is 3. The minimum absolute atomic E-state index is 0.657. The Morgan fingerprint density at radius 2 is 1.93 bits per heavy atom. The average Bonchev–Trinajstić information content (AvgIpc) is 2.28. The monoisotopic (exact) mass is 199 g/mol. The molecule has 1 aromatic heterocycles. The van der Waals surface area contributed by atoms with E-state index in [0.29, 0.717) is 6.54 Å². The van der Waals surface area contributed by atoms with Crippen LogP contribution >= 0.6 is 0 Å². The van der Waals surface area contributed by atoms with E-state index in [1.165, 1.54) is 5.56 Å². The summed E-state index contributed by atoms with van der Waals surface area (Å²) in [4.78, 5) is 8.29. The lowest BCUT2D eigenvalue weighted by atomic mass is 10.2. The second-order valence-corrected chi connectivity index (χ2v) is 3.39. The van der Waals surface area contributed by atoms with Crippen LogP contribution in [-0.2, 0) is 6.54 Å². The van der Waals surface area contributed by atoms with Gasteiger partial charge in [-0.15, -0.1) is 0 Å². The van der Waals surface area contributed by atoms with Crippen molar-refractivity contribution in [2.45, 2.75) is 13.5 Å². The zero-order valence-corrected chi connectivity index (χ0v) is 8.64. The molecule has 0 saturated carbocycles. The summed E-state index contributed by atoms with van der Waals surface area (Å²) in [6.45, 7) is 2.73. The summed E-state index contributed by atoms with van der Waals surface area (Å²) in [6, 6.07) is 10.1. The fourth-order valence-corrected chi connectivity index (χ4v) is 1.36. The quantitative estimate of drug-likeness (QED) is 0.824. The SMILES string of the molecule is Cc1cccc(NCc2ncccn2)c1. The smallest absolute Gasteiger partial charge is 0.147 e. The topological polar surface area (TPSA) is 37.8 Å². The molecule has 1 N–H and O–H groups in total. The van der Waals surface area contributed by atoms with Crippen LogP contribution in [0.2, 0.25) is 0 Å². The van der Waals surface area contributed by atoms with Crippen LogP contribution in [0.15, 0.2) is 42.7 Å². The minimum Gasteiger partial charge on any atom is -0.378 e. The molecule has 2 rings (SSSR count). The van der Waals surface area contributed by atoms with E-state index >= 15 is 0 Å². The highest BCUT2D eigenvalue weighted by atomic mass is 15.0. The molecule has 0 saturated heterocycles. The maximum atomic E-state index is 4.14. The van der Waals surface area contributed by atoms with E-state index in [4.69, 9.17) is 0 Å². The lowest BCUT2D eigenvalue weighted by Gasteiger charge is -2.05. The fraction of sp³-hybridized carbons (Fsp3) is 0.167. The summed E-state index contributed by atoms with van der Waals surface area (Å²) >= 11 is 0. The maximum absolute atomic E-state index is 4.14. The lowest BCUT2D eigenvalue weighted by molar-refractivity contribution is 0.948. The second kappa shape index (κ2) is 4.55. The van der Waals surface area contributed by atoms with Gasteiger partial charge in [-0.2, -0.15) is 0 Å². The number of anilines is 1. The maximum Gasteiger partial charge on any atom is 0.147 e. The van der Waals surface area contributed by atoms with E-state index in [1.54, 1.807) is 12.4 Å². The summed E-state index contributed by atoms with van der Waals surface area (Å²) in [5.74, 6) is 0.805. The van der Waals surface area contributed by atoms with Crippen molar-refractivity contribution >= 4 is 5.69 Å². The molecule has 0 spiro atoms. The van der Waals surface area contributed by atoms with Crippen LogP contribution in [0.4, 0.5) is 5.69 Å². The molecule has 1 heterocycles. The summed E-state index contributed by atoms with van der Waals surface area (Å²) in [5, 5.41) is 3.28. The van der Waals surface area contributed by atoms with Crippen molar-refractivity contribution in [1.29, 1.82) is 0 Å². The number of aromatic nitrogens is 2. The first-order valence-corrected chi connectivity index (χ1v) is 4.91. The highest BCUT2D eigenvalue weighted by molar-refractivity contribution is 5.45. The van der Waals surface area contributed by atoms with Gasteiger partial charge < -0.3 is 5.32 Å². The van der Waals surface area contributed by atoms with Crippen molar-refractivity contribution < 1.29 is 0 Å². The molecule has 0 unspecified atom stereocenters. The Balaban J connectivity index is 1.99. The van der Waals surface area contributed by atoms with Gasteiger partial charge in [0.2, 0.25) is 0 Å². The highest BCUT2D eigenvalue weighted by Gasteiger charge is 1.95. The van der Waals surface area contributed by atoms with Crippen molar-refractivity contribution in [3.63, 3.8) is 0 Å². The van der Waals surface area contributed by atoms with Crippen LogP contribution in [0.3, 0.4) is 0 Å². The molecule has 0 bridgehead atoms. The van der Waals surface area contributed by atoms with E-state index in [2.05, 4.69) is 34.3 Å². The molecule has 76 valence electrons. The highest BCUT2D eigenvalue weighted by Crippen LogP contribution is 2.09. The van der Waals surface area contributed by atoms with Crippen molar-refractivity contribution in [1.82, 2.24) is 9.97 Å². The molecular weight excluding hydrogens is 186 g/mol. The van der Waals surface area contributed by atoms with Crippen molar-refractivity contribution in [3.05, 3.63) is 54.1 Å². The van der Waals surface area contributed by atoms with Crippen molar-refractivity contribution in [3.8, 4) is 0 Å². The van der Waals surface area contributed by atoms with E-state index < -0.39 is 0 Å². The van der Waals surface area contributed by atoms with Gasteiger partial charge >= 0.3 is 0 Å². The summed E-state index contributed by atoms with van der Waals surface area (Å²) in [5.41, 5.74) is 2.34. The lowest BCUT2D eigenvalue weighted by Crippen LogP contribution is -2.03. The zero-order chi connectivity index (χ0) is 10.5. The van der Waals surface area contributed by atoms with E-state index in [-0.39, 0.29) is 0 Å². The molecule has 0 amide bonds. The first-order valence-electron chi connectivity index (χ1n) is 4.91. The van der Waals surface area contributed by atoms with Gasteiger partial charge in [-0.1, -0.05) is 12.1 Å². The average molecular weight is 199 g/mol. The summed E-state index contributed by atoms with van der Waals surface area (Å²) < 4.78 is 0. The number of benzene rings is 1. The molecule has 0 aliphatic heterocycles.